The molecule has 2 rings (SSSR count). The number of carbonyl (C=O) groups excluding carboxylic acids is 5. The van der Waals surface area contributed by atoms with E-state index < -0.39 is 60.2 Å². The van der Waals surface area contributed by atoms with Crippen LogP contribution in [0.5, 0.6) is 0 Å². The molecule has 2 fully saturated rings. The van der Waals surface area contributed by atoms with E-state index in [9.17, 15) is 28.8 Å². The monoisotopic (exact) mass is 540 g/mol. The molecule has 1 saturated carbocycles. The number of Topliss-reactive ketones (excluding diaryl/α,β-unsaturated/α-hetero) is 1. The summed E-state index contributed by atoms with van der Waals surface area (Å²) >= 11 is 0. The Labute approximate surface area is 221 Å². The fraction of sp³-hybridized carbons (Fsp3) is 0.750. The normalized spacial score (nSPS) is 20.1. The Bertz CT molecular complexity index is 876. The third-order valence-corrected chi connectivity index (χ3v) is 6.69. The van der Waals surface area contributed by atoms with Crippen LogP contribution in [-0.2, 0) is 28.7 Å². The fourth-order valence-corrected chi connectivity index (χ4v) is 4.81. The molecule has 1 aliphatic carbocycles. The number of carbonyl (C=O) groups is 6. The second-order valence-electron chi connectivity index (χ2n) is 9.86. The first-order valence-electron chi connectivity index (χ1n) is 13.1. The zero-order valence-electron chi connectivity index (χ0n) is 21.8. The van der Waals surface area contributed by atoms with Crippen LogP contribution in [0.15, 0.2) is 0 Å². The van der Waals surface area contributed by atoms with Crippen molar-refractivity contribution in [2.75, 3.05) is 26.2 Å². The van der Waals surface area contributed by atoms with Gasteiger partial charge in [0.2, 0.25) is 17.6 Å². The largest absolute Gasteiger partial charge is 0.480 e. The molecule has 0 radical (unpaired) electrons. The Hall–Kier alpha value is -3.26. The average molecular weight is 541 g/mol. The molecule has 0 aromatic rings. The summed E-state index contributed by atoms with van der Waals surface area (Å²) in [4.78, 5) is 76.0. The topological polar surface area (TPSA) is 223 Å². The molecule has 4 amide bonds. The molecule has 8 N–H and O–H groups in total. The van der Waals surface area contributed by atoms with Crippen molar-refractivity contribution in [3.8, 4) is 0 Å². The number of aliphatic carboxylic acids is 1. The van der Waals surface area contributed by atoms with Gasteiger partial charge in [0.1, 0.15) is 25.2 Å². The van der Waals surface area contributed by atoms with E-state index in [1.54, 1.807) is 6.92 Å². The van der Waals surface area contributed by atoms with Crippen molar-refractivity contribution >= 4 is 35.6 Å². The number of likely N-dealkylation sites (tertiary alicyclic amines) is 1. The van der Waals surface area contributed by atoms with Crippen molar-refractivity contribution in [2.24, 2.45) is 17.4 Å². The third kappa shape index (κ3) is 9.24. The number of amides is 4. The lowest BCUT2D eigenvalue weighted by molar-refractivity contribution is -0.144. The highest BCUT2D eigenvalue weighted by atomic mass is 16.5. The Morgan fingerprint density at radius 2 is 1.71 bits per heavy atom. The lowest BCUT2D eigenvalue weighted by atomic mass is 9.83. The highest BCUT2D eigenvalue weighted by Gasteiger charge is 2.42. The van der Waals surface area contributed by atoms with Crippen molar-refractivity contribution in [2.45, 2.75) is 82.5 Å². The van der Waals surface area contributed by atoms with Crippen LogP contribution in [0.1, 0.15) is 58.3 Å². The molecule has 1 saturated heterocycles. The number of carboxylic acids is 1. The van der Waals surface area contributed by atoms with Crippen LogP contribution in [0, 0.1) is 5.92 Å². The standard InChI is InChI=1S/C24H40N6O8/c1-14(26)13-38-24(37)29-19(15-6-3-2-4-7-15)23(36)30-11-5-8-17(30)21(34)28-16(9-10-25)20(33)22(35)27-12-18(31)32/h14-17,19H,2-13,25-26H2,1H3,(H,27,35)(H,28,34)(H,29,37)(H,31,32)/t14?,16-,17+,19+/m1/s1. The molecule has 38 heavy (non-hydrogen) atoms. The number of nitrogens with one attached hydrogen (secondary N) is 3. The van der Waals surface area contributed by atoms with E-state index in [4.69, 9.17) is 21.3 Å². The van der Waals surface area contributed by atoms with Gasteiger partial charge in [-0.15, -0.1) is 0 Å². The van der Waals surface area contributed by atoms with Gasteiger partial charge in [-0.25, -0.2) is 4.79 Å². The number of nitrogens with zero attached hydrogens (tertiary/aromatic N) is 1. The third-order valence-electron chi connectivity index (χ3n) is 6.69. The van der Waals surface area contributed by atoms with Crippen LogP contribution < -0.4 is 27.4 Å². The van der Waals surface area contributed by atoms with Crippen LogP contribution in [0.2, 0.25) is 0 Å². The van der Waals surface area contributed by atoms with Gasteiger partial charge in [-0.3, -0.25) is 24.0 Å². The van der Waals surface area contributed by atoms with E-state index >= 15 is 0 Å². The van der Waals surface area contributed by atoms with Crippen LogP contribution >= 0.6 is 0 Å². The highest BCUT2D eigenvalue weighted by Crippen LogP contribution is 2.29. The lowest BCUT2D eigenvalue weighted by Crippen LogP contribution is -2.58. The van der Waals surface area contributed by atoms with Gasteiger partial charge in [0.25, 0.3) is 5.91 Å². The van der Waals surface area contributed by atoms with E-state index in [1.807, 2.05) is 5.32 Å². The van der Waals surface area contributed by atoms with Crippen molar-refractivity contribution in [3.63, 3.8) is 0 Å². The number of hydrogen-bond donors (Lipinski definition) is 6. The molecule has 1 heterocycles. The van der Waals surface area contributed by atoms with Crippen molar-refractivity contribution in [3.05, 3.63) is 0 Å². The Kier molecular flexibility index (Phi) is 12.4. The van der Waals surface area contributed by atoms with Crippen LogP contribution in [0.25, 0.3) is 0 Å². The molecule has 1 unspecified atom stereocenters. The van der Waals surface area contributed by atoms with Crippen LogP contribution in [-0.4, -0.2) is 96.0 Å². The number of ether oxygens (including phenoxy) is 1. The zero-order chi connectivity index (χ0) is 28.2. The number of nitrogens with two attached hydrogens (primary N) is 2. The fourth-order valence-electron chi connectivity index (χ4n) is 4.81. The Balaban J connectivity index is 2.13. The summed E-state index contributed by atoms with van der Waals surface area (Å²) in [6.45, 7) is 1.19. The molecule has 14 heteroatoms. The van der Waals surface area contributed by atoms with Gasteiger partial charge in [-0.1, -0.05) is 19.3 Å². The predicted octanol–water partition coefficient (Wildman–Crippen LogP) is -1.40. The second kappa shape index (κ2) is 15.2. The van der Waals surface area contributed by atoms with E-state index in [0.29, 0.717) is 12.8 Å². The summed E-state index contributed by atoms with van der Waals surface area (Å²) in [5.41, 5.74) is 11.2. The summed E-state index contributed by atoms with van der Waals surface area (Å²) in [5.74, 6) is -4.66. The van der Waals surface area contributed by atoms with Gasteiger partial charge < -0.3 is 42.2 Å². The molecule has 2 aliphatic rings. The van der Waals surface area contributed by atoms with Gasteiger partial charge >= 0.3 is 12.1 Å². The number of ketones is 1. The first-order valence-corrected chi connectivity index (χ1v) is 13.1. The summed E-state index contributed by atoms with van der Waals surface area (Å²) in [6.07, 6.45) is 4.42. The molecular formula is C24H40N6O8. The minimum absolute atomic E-state index is 0.0112. The first kappa shape index (κ1) is 31.0. The second-order valence-corrected chi connectivity index (χ2v) is 9.86. The molecular weight excluding hydrogens is 500 g/mol. The minimum Gasteiger partial charge on any atom is -0.480 e. The van der Waals surface area contributed by atoms with Crippen molar-refractivity contribution in [1.82, 2.24) is 20.9 Å². The van der Waals surface area contributed by atoms with Gasteiger partial charge in [0, 0.05) is 12.6 Å². The van der Waals surface area contributed by atoms with Crippen LogP contribution in [0.3, 0.4) is 0 Å². The first-order chi connectivity index (χ1) is 18.0. The molecule has 0 spiro atoms. The summed E-state index contributed by atoms with van der Waals surface area (Å²) < 4.78 is 5.13. The molecule has 0 bridgehead atoms. The summed E-state index contributed by atoms with van der Waals surface area (Å²) in [6, 6.07) is -3.44. The predicted molar refractivity (Wildman–Crippen MR) is 134 cm³/mol. The highest BCUT2D eigenvalue weighted by molar-refractivity contribution is 6.38. The van der Waals surface area contributed by atoms with Gasteiger partial charge in [0.05, 0.1) is 6.04 Å². The van der Waals surface area contributed by atoms with Crippen molar-refractivity contribution in [1.29, 1.82) is 0 Å². The molecule has 14 nitrogen and oxygen atoms in total. The maximum absolute atomic E-state index is 13.7. The van der Waals surface area contributed by atoms with E-state index in [0.717, 1.165) is 32.1 Å². The maximum atomic E-state index is 13.7. The maximum Gasteiger partial charge on any atom is 0.407 e. The molecule has 1 aliphatic heterocycles. The zero-order valence-corrected chi connectivity index (χ0v) is 21.8. The number of hydrogen-bond acceptors (Lipinski definition) is 9. The SMILES string of the molecule is CC(N)COC(=O)N[C@H](C(=O)N1CCC[C@H]1C(=O)N[C@H](CCN)C(=O)C(=O)NCC(=O)O)C1CCCCC1. The van der Waals surface area contributed by atoms with E-state index in [-0.39, 0.29) is 38.1 Å². The number of rotatable bonds is 13. The summed E-state index contributed by atoms with van der Waals surface area (Å²) in [5, 5.41) is 15.9. The quantitative estimate of drug-likeness (QED) is 0.150. The van der Waals surface area contributed by atoms with E-state index in [2.05, 4.69) is 10.6 Å². The number of alkyl carbamates (subject to hydrolysis) is 1. The molecule has 214 valence electrons. The van der Waals surface area contributed by atoms with Crippen molar-refractivity contribution < 1.29 is 38.6 Å². The lowest BCUT2D eigenvalue weighted by Gasteiger charge is -2.34. The van der Waals surface area contributed by atoms with Crippen LogP contribution in [0.4, 0.5) is 4.79 Å². The van der Waals surface area contributed by atoms with Gasteiger partial charge in [-0.05, 0) is 51.5 Å². The molecule has 0 aromatic heterocycles. The van der Waals surface area contributed by atoms with Gasteiger partial charge in [-0.2, -0.15) is 0 Å². The molecule has 0 aromatic carbocycles. The minimum atomic E-state index is -1.33. The Morgan fingerprint density at radius 1 is 1.03 bits per heavy atom. The summed E-state index contributed by atoms with van der Waals surface area (Å²) in [7, 11) is 0. The average Bonchev–Trinajstić information content (AvgIpc) is 3.39. The van der Waals surface area contributed by atoms with E-state index in [1.165, 1.54) is 4.90 Å². The van der Waals surface area contributed by atoms with Gasteiger partial charge in [0.15, 0.2) is 0 Å². The number of carboxylic acid groups (broad SMARTS) is 1. The Morgan fingerprint density at radius 3 is 2.32 bits per heavy atom. The smallest absolute Gasteiger partial charge is 0.407 e. The molecule has 4 atom stereocenters.